The summed E-state index contributed by atoms with van der Waals surface area (Å²) in [6, 6.07) is 9.04. The highest BCUT2D eigenvalue weighted by atomic mass is 16.8. The van der Waals surface area contributed by atoms with Crippen LogP contribution in [-0.4, -0.2) is 297 Å². The fraction of sp³-hybridized carbons (Fsp3) is 0.811. The van der Waals surface area contributed by atoms with Crippen LogP contribution in [0.15, 0.2) is 48.1 Å². The Bertz CT molecular complexity index is 3390. The Balaban J connectivity index is 0.856. The lowest BCUT2D eigenvalue weighted by atomic mass is 9.30. The molecule has 0 aromatic heterocycles. The van der Waals surface area contributed by atoms with Gasteiger partial charge >= 0.3 is 23.9 Å². The zero-order valence-electron chi connectivity index (χ0n) is 61.3. The molecule has 0 unspecified atom stereocenters. The largest absolute Gasteiger partial charge is 0.479 e. The molecule has 37 atom stereocenters. The first-order valence-corrected chi connectivity index (χ1v) is 36.9. The molecule has 1 aromatic rings. The van der Waals surface area contributed by atoms with E-state index in [0.717, 1.165) is 0 Å². The average Bonchev–Trinajstić information content (AvgIpc) is 1.39. The first-order chi connectivity index (χ1) is 49.7. The van der Waals surface area contributed by atoms with Gasteiger partial charge in [0.15, 0.2) is 43.7 Å². The van der Waals surface area contributed by atoms with Crippen LogP contribution in [0.3, 0.4) is 0 Å². The molecule has 15 N–H and O–H groups in total. The molecular formula is C74H108O32. The lowest BCUT2D eigenvalue weighted by Crippen LogP contribution is -2.77. The topological polar surface area (TPSA) is 492 Å². The third kappa shape index (κ3) is 13.1. The summed E-state index contributed by atoms with van der Waals surface area (Å²) in [6.07, 6.45) is -46.4. The number of aliphatic hydroxyl groups is 14. The molecule has 1 aromatic carbocycles. The number of carbonyl (C=O) groups excluding carboxylic acids is 3. The third-order valence-electron chi connectivity index (χ3n) is 27.1. The Labute approximate surface area is 613 Å². The van der Waals surface area contributed by atoms with Crippen molar-refractivity contribution in [2.75, 3.05) is 13.2 Å². The van der Waals surface area contributed by atoms with Gasteiger partial charge in [0.25, 0.3) is 0 Å². The molecule has 6 saturated heterocycles. The number of esters is 3. The number of carboxylic acids is 1. The highest BCUT2D eigenvalue weighted by molar-refractivity contribution is 5.90. The van der Waals surface area contributed by atoms with Crippen molar-refractivity contribution in [1.29, 1.82) is 0 Å². The summed E-state index contributed by atoms with van der Waals surface area (Å²) in [5.41, 5.74) is -6.24. The minimum absolute atomic E-state index is 0.0306. The van der Waals surface area contributed by atoms with Crippen LogP contribution in [0.1, 0.15) is 133 Å². The van der Waals surface area contributed by atoms with Crippen molar-refractivity contribution in [3.8, 4) is 0 Å². The van der Waals surface area contributed by atoms with Gasteiger partial charge in [-0.2, -0.15) is 0 Å². The standard InChI is InChI=1S/C74H108O32/c1-12-30(2)61(92)105-58-59(99-41(78)19-18-33-16-14-13-15-17-33)74-38(26-68(58,5)6)73(106-67(74)93)25-21-37-70(9)23-22-40(69(7,8)36(70)20-24-71(37,10)72(73,11)27-39(74)77)98-66-57(104-63-51(88)47(84)44(81)34(28-75)96-63)53(52(89)54(101-66)60(90)91)100-65-56(49(86)45(82)35(29-76)97-65)103-64-55(48(85)43(80)32(4)95-64)102-62-50(87)46(83)42(79)31(3)94-62/h12-19,31-32,34-40,42-59,62-66,75-77,79-89H,20-29H2,1-11H3,(H,90,91)/b19-18-,30-12-/t31-,32-,34+,35+,36-,37+,38-,39+,40-,42-,43-,44-,45-,46+,47-,48+,49-,50+,51+,52-,53-,54-,55+,56+,57+,58-,59-,62-,63-,64-,65-,66+,70-,71+,72-,73-,74+/m0/s1. The fourth-order valence-corrected chi connectivity index (χ4v) is 20.9. The molecule has 6 heterocycles. The number of aliphatic hydroxyl groups excluding tert-OH is 14. The normalized spacial score (nSPS) is 50.5. The minimum Gasteiger partial charge on any atom is -0.479 e. The van der Waals surface area contributed by atoms with Crippen LogP contribution in [0, 0.1) is 50.2 Å². The maximum absolute atomic E-state index is 15.6. The summed E-state index contributed by atoms with van der Waals surface area (Å²) >= 11 is 0. The predicted octanol–water partition coefficient (Wildman–Crippen LogP) is -1.13. The van der Waals surface area contributed by atoms with Crippen molar-refractivity contribution in [2.45, 2.75) is 311 Å². The second kappa shape index (κ2) is 29.9. The number of benzene rings is 1. The molecule has 6 aliphatic heterocycles. The van der Waals surface area contributed by atoms with Crippen molar-refractivity contribution in [1.82, 2.24) is 0 Å². The fourth-order valence-electron chi connectivity index (χ4n) is 20.9. The van der Waals surface area contributed by atoms with E-state index in [2.05, 4.69) is 20.8 Å². The zero-order valence-corrected chi connectivity index (χ0v) is 61.3. The first-order valence-electron chi connectivity index (χ1n) is 36.9. The molecule has 32 nitrogen and oxygen atoms in total. The van der Waals surface area contributed by atoms with Crippen molar-refractivity contribution >= 4 is 30.0 Å². The molecule has 5 saturated carbocycles. The number of aliphatic carboxylic acids is 1. The summed E-state index contributed by atoms with van der Waals surface area (Å²) < 4.78 is 81.8. The van der Waals surface area contributed by atoms with Gasteiger partial charge in [0.1, 0.15) is 121 Å². The molecule has 1 spiro atoms. The van der Waals surface area contributed by atoms with E-state index in [0.29, 0.717) is 37.7 Å². The number of carboxylic acid groups (broad SMARTS) is 1. The quantitative estimate of drug-likeness (QED) is 0.0358. The summed E-state index contributed by atoms with van der Waals surface area (Å²) in [4.78, 5) is 57.2. The molecule has 32 heteroatoms. The van der Waals surface area contributed by atoms with E-state index < -0.39 is 259 Å². The molecule has 0 amide bonds. The van der Waals surface area contributed by atoms with Gasteiger partial charge in [-0.3, -0.25) is 4.79 Å². The first kappa shape index (κ1) is 81.1. The smallest absolute Gasteiger partial charge is 0.335 e. The lowest BCUT2D eigenvalue weighted by Gasteiger charge is -2.74. The Morgan fingerprint density at radius 2 is 1.08 bits per heavy atom. The van der Waals surface area contributed by atoms with Gasteiger partial charge in [0.05, 0.1) is 37.6 Å². The van der Waals surface area contributed by atoms with Crippen LogP contribution < -0.4 is 0 Å². The van der Waals surface area contributed by atoms with Crippen molar-refractivity contribution in [3.05, 3.63) is 53.6 Å². The van der Waals surface area contributed by atoms with Crippen LogP contribution in [0.5, 0.6) is 0 Å². The molecule has 5 aliphatic carbocycles. The van der Waals surface area contributed by atoms with Crippen LogP contribution in [0.25, 0.3) is 6.08 Å². The van der Waals surface area contributed by atoms with Gasteiger partial charge in [0, 0.05) is 28.4 Å². The third-order valence-corrected chi connectivity index (χ3v) is 27.1. The molecule has 11 aliphatic rings. The summed E-state index contributed by atoms with van der Waals surface area (Å²) in [7, 11) is 0. The summed E-state index contributed by atoms with van der Waals surface area (Å²) in [6.45, 7) is 18.2. The van der Waals surface area contributed by atoms with Crippen LogP contribution in [0.4, 0.5) is 0 Å². The molecule has 596 valence electrons. The van der Waals surface area contributed by atoms with Crippen LogP contribution in [0.2, 0.25) is 0 Å². The number of rotatable bonds is 18. The van der Waals surface area contributed by atoms with E-state index >= 15 is 4.79 Å². The summed E-state index contributed by atoms with van der Waals surface area (Å²) in [5, 5.41) is 169. The number of fused-ring (bicyclic) bond motifs is 4. The number of hydrogen-bond acceptors (Lipinski definition) is 31. The van der Waals surface area contributed by atoms with Gasteiger partial charge in [-0.1, -0.05) is 84.9 Å². The monoisotopic (exact) mass is 1510 g/mol. The molecule has 0 radical (unpaired) electrons. The second-order valence-electron chi connectivity index (χ2n) is 33.4. The Kier molecular flexibility index (Phi) is 22.9. The van der Waals surface area contributed by atoms with Gasteiger partial charge in [-0.05, 0) is 119 Å². The van der Waals surface area contributed by atoms with Gasteiger partial charge < -0.3 is 138 Å². The van der Waals surface area contributed by atoms with Crippen LogP contribution in [-0.2, 0) is 80.8 Å². The van der Waals surface area contributed by atoms with Gasteiger partial charge in [-0.25, -0.2) is 14.4 Å². The molecule has 12 rings (SSSR count). The van der Waals surface area contributed by atoms with E-state index in [-0.39, 0.29) is 36.7 Å². The maximum atomic E-state index is 15.6. The van der Waals surface area contributed by atoms with E-state index in [9.17, 15) is 91.0 Å². The van der Waals surface area contributed by atoms with Crippen molar-refractivity contribution < 1.29 is 157 Å². The van der Waals surface area contributed by atoms with E-state index in [1.807, 2.05) is 45.9 Å². The SMILES string of the molecule is C/C=C(/C)C(=O)O[C@H]1[C@H](OC(=O)/C=C\c2ccccc2)[C@]23C(=O)O[C@@]4(CC[C@@H]5[C@@]6(C)CC[C@H](O[C@@H]7O[C@H](C(=O)O)[C@@H](O)[C@H](O[C@@H]8O[C@H](CO)[C@H](O)[C@H](O)[C@H]8O[C@@H]8O[C@@H](C)[C@H](O)[C@@H](O)[C@H]8O[C@@H]8O[C@@H](C)[C@H](O)[C@@H](O)[C@H]8O)[C@H]7O[C@@H]7O[C@H](CO)[C@H](O)[C@H](O)[C@H]7O)C(C)(C)[C@@H]6CC[C@@]5(C)[C@]4(C)C[C@H]2O)[C@@H]3CC1(C)C. The highest BCUT2D eigenvalue weighted by Crippen LogP contribution is 2.81. The van der Waals surface area contributed by atoms with E-state index in [4.69, 9.17) is 61.6 Å². The summed E-state index contributed by atoms with van der Waals surface area (Å²) in [5.74, 6) is -5.17. The second-order valence-corrected chi connectivity index (χ2v) is 33.4. The van der Waals surface area contributed by atoms with Gasteiger partial charge in [-0.15, -0.1) is 0 Å². The number of hydrogen-bond donors (Lipinski definition) is 15. The lowest BCUT2D eigenvalue weighted by molar-refractivity contribution is -0.412. The maximum Gasteiger partial charge on any atom is 0.335 e. The number of carbonyl (C=O) groups is 4. The number of ether oxygens (including phenoxy) is 13. The minimum atomic E-state index is -2.38. The molecule has 2 bridgehead atoms. The molecular weight excluding hydrogens is 1400 g/mol. The van der Waals surface area contributed by atoms with Crippen LogP contribution >= 0.6 is 0 Å². The highest BCUT2D eigenvalue weighted by Gasteiger charge is 2.87. The van der Waals surface area contributed by atoms with E-state index in [1.54, 1.807) is 38.1 Å². The number of allylic oxidation sites excluding steroid dienone is 1. The zero-order chi connectivity index (χ0) is 77.4. The van der Waals surface area contributed by atoms with E-state index in [1.165, 1.54) is 19.9 Å². The van der Waals surface area contributed by atoms with Crippen molar-refractivity contribution in [3.63, 3.8) is 0 Å². The molecule has 11 fully saturated rings. The average molecular weight is 1510 g/mol. The van der Waals surface area contributed by atoms with Crippen molar-refractivity contribution in [2.24, 2.45) is 50.2 Å². The Morgan fingerprint density at radius 3 is 1.70 bits per heavy atom. The van der Waals surface area contributed by atoms with Gasteiger partial charge in [0.2, 0.25) is 0 Å². The Morgan fingerprint density at radius 1 is 0.547 bits per heavy atom. The Hall–Kier alpha value is -4.38. The predicted molar refractivity (Wildman–Crippen MR) is 358 cm³/mol. The molecule has 106 heavy (non-hydrogen) atoms.